The summed E-state index contributed by atoms with van der Waals surface area (Å²) in [5.74, 6) is 0.691. The van der Waals surface area contributed by atoms with Gasteiger partial charge in [0.05, 0.1) is 12.7 Å². The van der Waals surface area contributed by atoms with Crippen LogP contribution < -0.4 is 5.32 Å². The summed E-state index contributed by atoms with van der Waals surface area (Å²) in [6.07, 6.45) is 3.32. The minimum absolute atomic E-state index is 0.104. The molecule has 0 atom stereocenters. The molecule has 0 aliphatic carbocycles. The van der Waals surface area contributed by atoms with Crippen molar-refractivity contribution in [1.82, 2.24) is 15.0 Å². The number of aromatic nitrogens is 3. The van der Waals surface area contributed by atoms with Crippen molar-refractivity contribution in [2.24, 2.45) is 0 Å². The maximum atomic E-state index is 13.0. The van der Waals surface area contributed by atoms with Crippen LogP contribution in [0.4, 0.5) is 10.2 Å². The standard InChI is InChI=1S/C19H13FN4O2S/c20-13-5-3-12(4-6-13)10-17(25)23-16-11-14(15-2-1-8-26-15)22-18(24-16)19-21-7-9-27-19/h1-9,11H,10H2,(H,22,23,24,25). The highest BCUT2D eigenvalue weighted by Gasteiger charge is 2.14. The van der Waals surface area contributed by atoms with E-state index in [1.807, 2.05) is 5.38 Å². The lowest BCUT2D eigenvalue weighted by Gasteiger charge is -2.08. The molecule has 0 fully saturated rings. The summed E-state index contributed by atoms with van der Waals surface area (Å²) in [6.45, 7) is 0. The quantitative estimate of drug-likeness (QED) is 0.562. The number of rotatable bonds is 5. The van der Waals surface area contributed by atoms with E-state index < -0.39 is 0 Å². The normalized spacial score (nSPS) is 10.7. The van der Waals surface area contributed by atoms with Crippen molar-refractivity contribution in [3.63, 3.8) is 0 Å². The third kappa shape index (κ3) is 4.06. The van der Waals surface area contributed by atoms with Gasteiger partial charge in [-0.15, -0.1) is 11.3 Å². The number of furan rings is 1. The lowest BCUT2D eigenvalue weighted by atomic mass is 10.1. The van der Waals surface area contributed by atoms with E-state index >= 15 is 0 Å². The van der Waals surface area contributed by atoms with Gasteiger partial charge >= 0.3 is 0 Å². The van der Waals surface area contributed by atoms with E-state index in [0.717, 1.165) is 0 Å². The summed E-state index contributed by atoms with van der Waals surface area (Å²) in [7, 11) is 0. The molecule has 1 aromatic carbocycles. The molecule has 0 aliphatic rings. The molecule has 8 heteroatoms. The summed E-state index contributed by atoms with van der Waals surface area (Å²) < 4.78 is 18.4. The van der Waals surface area contributed by atoms with E-state index in [-0.39, 0.29) is 18.1 Å². The lowest BCUT2D eigenvalue weighted by molar-refractivity contribution is -0.115. The highest BCUT2D eigenvalue weighted by molar-refractivity contribution is 7.13. The predicted molar refractivity (Wildman–Crippen MR) is 99.6 cm³/mol. The average Bonchev–Trinajstić information content (AvgIpc) is 3.37. The molecule has 4 aromatic rings. The minimum atomic E-state index is -0.342. The Kier molecular flexibility index (Phi) is 4.71. The SMILES string of the molecule is O=C(Cc1ccc(F)cc1)Nc1cc(-c2ccco2)nc(-c2nccs2)n1. The number of thiazole rings is 1. The van der Waals surface area contributed by atoms with Gasteiger partial charge in [0.25, 0.3) is 0 Å². The van der Waals surface area contributed by atoms with Crippen molar-refractivity contribution in [2.45, 2.75) is 6.42 Å². The number of halogens is 1. The zero-order valence-corrected chi connectivity index (χ0v) is 14.7. The van der Waals surface area contributed by atoms with Crippen LogP contribution in [-0.2, 0) is 11.2 Å². The second-order valence-electron chi connectivity index (χ2n) is 5.63. The maximum Gasteiger partial charge on any atom is 0.229 e. The molecule has 0 spiro atoms. The third-order valence-corrected chi connectivity index (χ3v) is 4.44. The van der Waals surface area contributed by atoms with Gasteiger partial charge in [0.2, 0.25) is 5.91 Å². The zero-order chi connectivity index (χ0) is 18.6. The molecule has 0 radical (unpaired) electrons. The van der Waals surface area contributed by atoms with Crippen LogP contribution in [0.3, 0.4) is 0 Å². The zero-order valence-electron chi connectivity index (χ0n) is 13.9. The van der Waals surface area contributed by atoms with Gasteiger partial charge in [-0.1, -0.05) is 12.1 Å². The first-order chi connectivity index (χ1) is 13.2. The summed E-state index contributed by atoms with van der Waals surface area (Å²) in [6, 6.07) is 11.0. The number of carbonyl (C=O) groups excluding carboxylic acids is 1. The number of nitrogens with one attached hydrogen (secondary N) is 1. The second kappa shape index (κ2) is 7.46. The van der Waals surface area contributed by atoms with Crippen LogP contribution in [-0.4, -0.2) is 20.9 Å². The molecule has 0 saturated carbocycles. The molecule has 1 amide bonds. The van der Waals surface area contributed by atoms with Gasteiger partial charge in [0, 0.05) is 17.6 Å². The number of hydrogen-bond donors (Lipinski definition) is 1. The fourth-order valence-electron chi connectivity index (χ4n) is 2.47. The van der Waals surface area contributed by atoms with E-state index in [0.29, 0.717) is 33.7 Å². The summed E-state index contributed by atoms with van der Waals surface area (Å²) in [4.78, 5) is 25.4. The molecule has 3 heterocycles. The van der Waals surface area contributed by atoms with Gasteiger partial charge in [-0.3, -0.25) is 4.79 Å². The van der Waals surface area contributed by atoms with Crippen LogP contribution in [0.5, 0.6) is 0 Å². The molecule has 4 rings (SSSR count). The molecular formula is C19H13FN4O2S. The van der Waals surface area contributed by atoms with Gasteiger partial charge in [-0.2, -0.15) is 0 Å². The number of amides is 1. The molecule has 134 valence electrons. The highest BCUT2D eigenvalue weighted by atomic mass is 32.1. The average molecular weight is 380 g/mol. The number of hydrogen-bond acceptors (Lipinski definition) is 6. The van der Waals surface area contributed by atoms with Crippen molar-refractivity contribution >= 4 is 23.1 Å². The van der Waals surface area contributed by atoms with E-state index in [9.17, 15) is 9.18 Å². The molecule has 0 aliphatic heterocycles. The van der Waals surface area contributed by atoms with Crippen molar-refractivity contribution in [3.8, 4) is 22.3 Å². The molecule has 1 N–H and O–H groups in total. The fourth-order valence-corrected chi connectivity index (χ4v) is 3.04. The van der Waals surface area contributed by atoms with Crippen LogP contribution in [0.1, 0.15) is 5.56 Å². The van der Waals surface area contributed by atoms with Crippen molar-refractivity contribution in [1.29, 1.82) is 0 Å². The van der Waals surface area contributed by atoms with Gasteiger partial charge in [0.15, 0.2) is 16.6 Å². The largest absolute Gasteiger partial charge is 0.463 e. The molecule has 0 bridgehead atoms. The third-order valence-electron chi connectivity index (χ3n) is 3.67. The molecule has 6 nitrogen and oxygen atoms in total. The first kappa shape index (κ1) is 17.0. The van der Waals surface area contributed by atoms with Crippen LogP contribution >= 0.6 is 11.3 Å². The van der Waals surface area contributed by atoms with E-state index in [2.05, 4.69) is 20.3 Å². The first-order valence-electron chi connectivity index (χ1n) is 8.04. The van der Waals surface area contributed by atoms with Crippen molar-refractivity contribution < 1.29 is 13.6 Å². The van der Waals surface area contributed by atoms with Crippen LogP contribution in [0, 0.1) is 5.82 Å². The van der Waals surface area contributed by atoms with Crippen LogP contribution in [0.25, 0.3) is 22.3 Å². The summed E-state index contributed by atoms with van der Waals surface area (Å²) in [5.41, 5.74) is 1.24. The Hall–Kier alpha value is -3.39. The topological polar surface area (TPSA) is 80.9 Å². The van der Waals surface area contributed by atoms with E-state index in [1.165, 1.54) is 23.5 Å². The molecule has 3 aromatic heterocycles. The van der Waals surface area contributed by atoms with Crippen molar-refractivity contribution in [2.75, 3.05) is 5.32 Å². The predicted octanol–water partition coefficient (Wildman–Crippen LogP) is 4.18. The maximum absolute atomic E-state index is 13.0. The number of carbonyl (C=O) groups is 1. The Bertz CT molecular complexity index is 996. The summed E-state index contributed by atoms with van der Waals surface area (Å²) in [5, 5.41) is 5.22. The van der Waals surface area contributed by atoms with Gasteiger partial charge in [0.1, 0.15) is 17.3 Å². The van der Waals surface area contributed by atoms with Gasteiger partial charge in [-0.05, 0) is 29.8 Å². The monoisotopic (exact) mass is 380 g/mol. The van der Waals surface area contributed by atoms with Crippen LogP contribution in [0.15, 0.2) is 64.7 Å². The molecule has 0 unspecified atom stereocenters. The highest BCUT2D eigenvalue weighted by Crippen LogP contribution is 2.25. The van der Waals surface area contributed by atoms with E-state index in [4.69, 9.17) is 4.42 Å². The Morgan fingerprint density at radius 2 is 2.04 bits per heavy atom. The number of benzene rings is 1. The smallest absolute Gasteiger partial charge is 0.229 e. The Morgan fingerprint density at radius 1 is 1.19 bits per heavy atom. The number of nitrogens with zero attached hydrogens (tertiary/aromatic N) is 3. The first-order valence-corrected chi connectivity index (χ1v) is 8.92. The van der Waals surface area contributed by atoms with Gasteiger partial charge < -0.3 is 9.73 Å². The summed E-state index contributed by atoms with van der Waals surface area (Å²) >= 11 is 1.40. The van der Waals surface area contributed by atoms with Gasteiger partial charge in [-0.25, -0.2) is 19.3 Å². The minimum Gasteiger partial charge on any atom is -0.463 e. The van der Waals surface area contributed by atoms with Crippen molar-refractivity contribution in [3.05, 3.63) is 71.7 Å². The number of anilines is 1. The second-order valence-corrected chi connectivity index (χ2v) is 6.52. The fraction of sp³-hybridized carbons (Fsp3) is 0.0526. The molecule has 27 heavy (non-hydrogen) atoms. The lowest BCUT2D eigenvalue weighted by Crippen LogP contribution is -2.16. The van der Waals surface area contributed by atoms with E-state index in [1.54, 1.807) is 42.8 Å². The van der Waals surface area contributed by atoms with Crippen LogP contribution in [0.2, 0.25) is 0 Å². The molecular weight excluding hydrogens is 367 g/mol. The molecule has 0 saturated heterocycles. The Morgan fingerprint density at radius 3 is 2.74 bits per heavy atom. The Labute approximate surface area is 157 Å². The Balaban J connectivity index is 1.61.